The average molecular weight is 392 g/mol. The Morgan fingerprint density at radius 3 is 2.59 bits per heavy atom. The van der Waals surface area contributed by atoms with Gasteiger partial charge in [-0.05, 0) is 36.6 Å². The molecule has 0 radical (unpaired) electrons. The lowest BCUT2D eigenvalue weighted by molar-refractivity contribution is -0.136. The van der Waals surface area contributed by atoms with Gasteiger partial charge in [0.15, 0.2) is 0 Å². The molecule has 1 unspecified atom stereocenters. The molecule has 2 aromatic rings. The van der Waals surface area contributed by atoms with Crippen molar-refractivity contribution in [3.63, 3.8) is 0 Å². The lowest BCUT2D eigenvalue weighted by Gasteiger charge is -2.30. The van der Waals surface area contributed by atoms with E-state index < -0.39 is 11.9 Å². The van der Waals surface area contributed by atoms with Crippen molar-refractivity contribution in [2.75, 3.05) is 24.6 Å². The van der Waals surface area contributed by atoms with Crippen LogP contribution in [-0.4, -0.2) is 42.4 Å². The highest BCUT2D eigenvalue weighted by Gasteiger charge is 2.39. The quantitative estimate of drug-likeness (QED) is 0.751. The molecule has 2 aliphatic rings. The Morgan fingerprint density at radius 2 is 1.79 bits per heavy atom. The van der Waals surface area contributed by atoms with Crippen molar-refractivity contribution in [1.29, 1.82) is 0 Å². The molecule has 2 amide bonds. The summed E-state index contributed by atoms with van der Waals surface area (Å²) in [6.45, 7) is 3.54. The molecule has 2 heterocycles. The van der Waals surface area contributed by atoms with Crippen molar-refractivity contribution < 1.29 is 19.1 Å². The number of rotatable bonds is 4. The van der Waals surface area contributed by atoms with Crippen molar-refractivity contribution in [2.24, 2.45) is 5.92 Å². The van der Waals surface area contributed by atoms with Crippen LogP contribution in [0.15, 0.2) is 48.5 Å². The fourth-order valence-electron chi connectivity index (χ4n) is 4.14. The van der Waals surface area contributed by atoms with E-state index in [4.69, 9.17) is 4.74 Å². The fraction of sp³-hybridized carbons (Fsp3) is 0.348. The first-order chi connectivity index (χ1) is 14.1. The van der Waals surface area contributed by atoms with E-state index in [1.807, 2.05) is 17.0 Å². The number of benzene rings is 2. The third-order valence-electron chi connectivity index (χ3n) is 5.61. The van der Waals surface area contributed by atoms with Crippen LogP contribution in [0.2, 0.25) is 0 Å². The van der Waals surface area contributed by atoms with Gasteiger partial charge in [-0.2, -0.15) is 0 Å². The summed E-state index contributed by atoms with van der Waals surface area (Å²) in [5, 5.41) is 0. The molecule has 1 saturated heterocycles. The number of carbonyl (C=O) groups excluding carboxylic acids is 3. The van der Waals surface area contributed by atoms with Crippen LogP contribution in [0.3, 0.4) is 0 Å². The van der Waals surface area contributed by atoms with E-state index in [1.165, 1.54) is 11.1 Å². The van der Waals surface area contributed by atoms with Crippen LogP contribution in [0.4, 0.5) is 5.69 Å². The second kappa shape index (κ2) is 8.07. The van der Waals surface area contributed by atoms with Gasteiger partial charge in [-0.25, -0.2) is 4.79 Å². The summed E-state index contributed by atoms with van der Waals surface area (Å²) in [6, 6.07) is 15.1. The predicted molar refractivity (Wildman–Crippen MR) is 108 cm³/mol. The van der Waals surface area contributed by atoms with Gasteiger partial charge in [0.2, 0.25) is 11.8 Å². The van der Waals surface area contributed by atoms with Crippen LogP contribution in [0.5, 0.6) is 0 Å². The third kappa shape index (κ3) is 3.75. The number of esters is 1. The fourth-order valence-corrected chi connectivity index (χ4v) is 4.14. The number of ether oxygens (including phenoxy) is 1. The molecule has 0 saturated carbocycles. The molecule has 4 rings (SSSR count). The summed E-state index contributed by atoms with van der Waals surface area (Å²) in [6.07, 6.45) is 0.992. The maximum Gasteiger partial charge on any atom is 0.340 e. The zero-order valence-corrected chi connectivity index (χ0v) is 16.5. The van der Waals surface area contributed by atoms with Crippen molar-refractivity contribution in [1.82, 2.24) is 4.90 Å². The summed E-state index contributed by atoms with van der Waals surface area (Å²) in [5.41, 5.74) is 3.31. The van der Waals surface area contributed by atoms with Gasteiger partial charge in [0, 0.05) is 26.1 Å². The van der Waals surface area contributed by atoms with Gasteiger partial charge in [-0.3, -0.25) is 9.59 Å². The smallest absolute Gasteiger partial charge is 0.340 e. The van der Waals surface area contributed by atoms with Crippen LogP contribution >= 0.6 is 0 Å². The van der Waals surface area contributed by atoms with Crippen LogP contribution in [0.1, 0.15) is 34.8 Å². The molecular formula is C23H24N2O4. The van der Waals surface area contributed by atoms with Gasteiger partial charge in [-0.15, -0.1) is 0 Å². The van der Waals surface area contributed by atoms with Gasteiger partial charge >= 0.3 is 5.97 Å². The number of nitrogens with zero attached hydrogens (tertiary/aromatic N) is 2. The second-order valence-corrected chi connectivity index (χ2v) is 7.42. The number of carbonyl (C=O) groups is 3. The van der Waals surface area contributed by atoms with E-state index in [1.54, 1.807) is 36.1 Å². The Kier molecular flexibility index (Phi) is 5.34. The number of amides is 2. The summed E-state index contributed by atoms with van der Waals surface area (Å²) in [7, 11) is 0. The first kappa shape index (κ1) is 19.2. The molecule has 0 N–H and O–H groups in total. The molecule has 0 aliphatic carbocycles. The Hall–Kier alpha value is -3.15. The van der Waals surface area contributed by atoms with E-state index in [-0.39, 0.29) is 31.4 Å². The molecule has 0 bridgehead atoms. The van der Waals surface area contributed by atoms with Gasteiger partial charge in [0.25, 0.3) is 0 Å². The summed E-state index contributed by atoms with van der Waals surface area (Å²) in [5.74, 6) is -0.997. The normalized spacial score (nSPS) is 18.5. The number of para-hydroxylation sites is 1. The highest BCUT2D eigenvalue weighted by Crippen LogP contribution is 2.30. The first-order valence-corrected chi connectivity index (χ1v) is 10.0. The zero-order valence-electron chi connectivity index (χ0n) is 16.5. The Bertz CT molecular complexity index is 955. The molecule has 29 heavy (non-hydrogen) atoms. The largest absolute Gasteiger partial charge is 0.462 e. The van der Waals surface area contributed by atoms with E-state index in [2.05, 4.69) is 12.1 Å². The Morgan fingerprint density at radius 1 is 1.07 bits per heavy atom. The maximum absolute atomic E-state index is 13.1. The number of fused-ring (bicyclic) bond motifs is 1. The third-order valence-corrected chi connectivity index (χ3v) is 5.61. The Labute approximate surface area is 170 Å². The lowest BCUT2D eigenvalue weighted by atomic mass is 9.98. The van der Waals surface area contributed by atoms with Gasteiger partial charge in [0.05, 0.1) is 23.8 Å². The van der Waals surface area contributed by atoms with Crippen LogP contribution in [0.25, 0.3) is 0 Å². The molecule has 6 heteroatoms. The summed E-state index contributed by atoms with van der Waals surface area (Å²) < 4.78 is 5.11. The van der Waals surface area contributed by atoms with Crippen LogP contribution < -0.4 is 4.90 Å². The standard InChI is InChI=1S/C23H24N2O4/c1-2-29-23(28)19-9-5-6-10-20(19)25-15-18(13-21(25)26)22(27)24-12-11-16-7-3-4-8-17(16)14-24/h3-10,18H,2,11-15H2,1H3. The van der Waals surface area contributed by atoms with Gasteiger partial charge in [-0.1, -0.05) is 36.4 Å². The van der Waals surface area contributed by atoms with Crippen molar-refractivity contribution in [3.05, 3.63) is 65.2 Å². The molecule has 0 aromatic heterocycles. The topological polar surface area (TPSA) is 66.9 Å². The molecule has 6 nitrogen and oxygen atoms in total. The highest BCUT2D eigenvalue weighted by molar-refractivity contribution is 6.05. The SMILES string of the molecule is CCOC(=O)c1ccccc1N1CC(C(=O)N2CCc3ccccc3C2)CC1=O. The minimum atomic E-state index is -0.460. The van der Waals surface area contributed by atoms with Crippen molar-refractivity contribution >= 4 is 23.5 Å². The molecule has 1 fully saturated rings. The maximum atomic E-state index is 13.1. The molecule has 150 valence electrons. The Balaban J connectivity index is 1.50. The molecule has 0 spiro atoms. The number of hydrogen-bond donors (Lipinski definition) is 0. The van der Waals surface area contributed by atoms with Crippen molar-refractivity contribution in [3.8, 4) is 0 Å². The summed E-state index contributed by atoms with van der Waals surface area (Å²) in [4.78, 5) is 41.5. The highest BCUT2D eigenvalue weighted by atomic mass is 16.5. The molecular weight excluding hydrogens is 368 g/mol. The number of anilines is 1. The first-order valence-electron chi connectivity index (χ1n) is 10.0. The van der Waals surface area contributed by atoms with Gasteiger partial charge < -0.3 is 14.5 Å². The average Bonchev–Trinajstić information content (AvgIpc) is 3.14. The lowest BCUT2D eigenvalue weighted by Crippen LogP contribution is -2.40. The van der Waals surface area contributed by atoms with E-state index >= 15 is 0 Å². The minimum Gasteiger partial charge on any atom is -0.462 e. The molecule has 2 aromatic carbocycles. The minimum absolute atomic E-state index is 0.00367. The zero-order chi connectivity index (χ0) is 20.4. The summed E-state index contributed by atoms with van der Waals surface area (Å²) >= 11 is 0. The predicted octanol–water partition coefficient (Wildman–Crippen LogP) is 2.80. The van der Waals surface area contributed by atoms with E-state index in [0.29, 0.717) is 24.3 Å². The van der Waals surface area contributed by atoms with E-state index in [0.717, 1.165) is 6.42 Å². The second-order valence-electron chi connectivity index (χ2n) is 7.42. The molecule has 2 aliphatic heterocycles. The number of hydrogen-bond acceptors (Lipinski definition) is 4. The van der Waals surface area contributed by atoms with Crippen LogP contribution in [0, 0.1) is 5.92 Å². The van der Waals surface area contributed by atoms with Gasteiger partial charge in [0.1, 0.15) is 0 Å². The van der Waals surface area contributed by atoms with Crippen molar-refractivity contribution in [2.45, 2.75) is 26.3 Å². The molecule has 1 atom stereocenters. The monoisotopic (exact) mass is 392 g/mol. The van der Waals surface area contributed by atoms with Crippen LogP contribution in [-0.2, 0) is 27.3 Å². The van der Waals surface area contributed by atoms with E-state index in [9.17, 15) is 14.4 Å².